The van der Waals surface area contributed by atoms with Crippen LogP contribution in [0.3, 0.4) is 0 Å². The van der Waals surface area contributed by atoms with Crippen LogP contribution >= 0.6 is 0 Å². The number of aldehydes is 1. The molecule has 0 radical (unpaired) electrons. The zero-order valence-corrected chi connectivity index (χ0v) is 12.2. The molecule has 1 aromatic heterocycles. The van der Waals surface area contributed by atoms with Gasteiger partial charge in [0, 0.05) is 28.2 Å². The largest absolute Gasteiger partial charge is 0.496 e. The monoisotopic (exact) mass is 279 g/mol. The lowest BCUT2D eigenvalue weighted by Crippen LogP contribution is -2.01. The summed E-state index contributed by atoms with van der Waals surface area (Å²) in [6.45, 7) is 2.79. The zero-order valence-electron chi connectivity index (χ0n) is 12.2. The Morgan fingerprint density at radius 2 is 2.00 bits per heavy atom. The highest BCUT2D eigenvalue weighted by atomic mass is 16.5. The molecule has 1 heterocycles. The van der Waals surface area contributed by atoms with Crippen molar-refractivity contribution in [1.82, 2.24) is 4.57 Å². The number of fused-ring (bicyclic) bond motifs is 1. The number of hydrogen-bond acceptors (Lipinski definition) is 2. The number of carbonyl (C=O) groups excluding carboxylic acids is 1. The Morgan fingerprint density at radius 1 is 1.19 bits per heavy atom. The molecule has 0 saturated carbocycles. The number of para-hydroxylation sites is 1. The van der Waals surface area contributed by atoms with Crippen LogP contribution in [0.5, 0.6) is 5.75 Å². The number of carbonyl (C=O) groups is 1. The molecular formula is C18H17NO2. The van der Waals surface area contributed by atoms with Crippen LogP contribution in [-0.4, -0.2) is 18.0 Å². The number of aromatic nitrogens is 1. The fourth-order valence-electron chi connectivity index (χ4n) is 2.74. The van der Waals surface area contributed by atoms with Gasteiger partial charge in [-0.05, 0) is 36.8 Å². The number of aryl methyl sites for hydroxylation is 1. The third-order valence-corrected chi connectivity index (χ3v) is 3.77. The Labute approximate surface area is 123 Å². The summed E-state index contributed by atoms with van der Waals surface area (Å²) < 4.78 is 7.60. The van der Waals surface area contributed by atoms with Crippen molar-refractivity contribution in [2.75, 3.05) is 7.11 Å². The van der Waals surface area contributed by atoms with E-state index in [-0.39, 0.29) is 0 Å². The van der Waals surface area contributed by atoms with Gasteiger partial charge in [-0.15, -0.1) is 0 Å². The Balaban J connectivity index is 2.08. The summed E-state index contributed by atoms with van der Waals surface area (Å²) in [4.78, 5) is 11.0. The SMILES string of the molecule is COc1ccc(C=O)cc1Cn1cc(C)c2ccccc21. The van der Waals surface area contributed by atoms with Gasteiger partial charge < -0.3 is 9.30 Å². The van der Waals surface area contributed by atoms with Gasteiger partial charge >= 0.3 is 0 Å². The molecule has 0 spiro atoms. The number of hydrogen-bond donors (Lipinski definition) is 0. The van der Waals surface area contributed by atoms with E-state index in [0.717, 1.165) is 17.6 Å². The molecule has 0 unspecified atom stereocenters. The summed E-state index contributed by atoms with van der Waals surface area (Å²) in [5.41, 5.74) is 4.10. The summed E-state index contributed by atoms with van der Waals surface area (Å²) in [6.07, 6.45) is 3.00. The van der Waals surface area contributed by atoms with E-state index in [4.69, 9.17) is 4.74 Å². The molecule has 0 fully saturated rings. The smallest absolute Gasteiger partial charge is 0.150 e. The van der Waals surface area contributed by atoms with E-state index in [1.54, 1.807) is 13.2 Å². The van der Waals surface area contributed by atoms with Crippen LogP contribution in [0, 0.1) is 6.92 Å². The van der Waals surface area contributed by atoms with Gasteiger partial charge in [-0.2, -0.15) is 0 Å². The van der Waals surface area contributed by atoms with E-state index in [2.05, 4.69) is 29.8 Å². The van der Waals surface area contributed by atoms with Crippen LogP contribution in [0.15, 0.2) is 48.7 Å². The molecule has 3 heteroatoms. The molecule has 2 aromatic carbocycles. The maximum absolute atomic E-state index is 11.0. The second-order valence-electron chi connectivity index (χ2n) is 5.15. The first kappa shape index (κ1) is 13.4. The molecule has 106 valence electrons. The van der Waals surface area contributed by atoms with E-state index in [1.807, 2.05) is 24.3 Å². The number of ether oxygens (including phenoxy) is 1. The molecule has 3 aromatic rings. The van der Waals surface area contributed by atoms with Crippen molar-refractivity contribution in [1.29, 1.82) is 0 Å². The topological polar surface area (TPSA) is 31.2 Å². The van der Waals surface area contributed by atoms with Gasteiger partial charge in [0.1, 0.15) is 12.0 Å². The number of methoxy groups -OCH3 is 1. The summed E-state index contributed by atoms with van der Waals surface area (Å²) in [6, 6.07) is 13.8. The van der Waals surface area contributed by atoms with Crippen molar-refractivity contribution in [2.45, 2.75) is 13.5 Å². The summed E-state index contributed by atoms with van der Waals surface area (Å²) in [5.74, 6) is 0.802. The van der Waals surface area contributed by atoms with Crippen molar-refractivity contribution in [3.05, 3.63) is 65.4 Å². The van der Waals surface area contributed by atoms with Crippen LogP contribution in [0.4, 0.5) is 0 Å². The highest BCUT2D eigenvalue weighted by molar-refractivity contribution is 5.83. The average molecular weight is 279 g/mol. The van der Waals surface area contributed by atoms with E-state index in [1.165, 1.54) is 16.5 Å². The first-order valence-electron chi connectivity index (χ1n) is 6.89. The fourth-order valence-corrected chi connectivity index (χ4v) is 2.74. The lowest BCUT2D eigenvalue weighted by atomic mass is 10.1. The summed E-state index contributed by atoms with van der Waals surface area (Å²) in [7, 11) is 1.65. The molecule has 21 heavy (non-hydrogen) atoms. The maximum atomic E-state index is 11.0. The maximum Gasteiger partial charge on any atom is 0.150 e. The Hall–Kier alpha value is -2.55. The number of nitrogens with zero attached hydrogens (tertiary/aromatic N) is 1. The molecule has 0 aliphatic carbocycles. The van der Waals surface area contributed by atoms with E-state index < -0.39 is 0 Å². The van der Waals surface area contributed by atoms with Crippen LogP contribution in [-0.2, 0) is 6.54 Å². The minimum absolute atomic E-state index is 0.666. The second kappa shape index (κ2) is 5.44. The van der Waals surface area contributed by atoms with Gasteiger partial charge in [-0.3, -0.25) is 4.79 Å². The fraction of sp³-hybridized carbons (Fsp3) is 0.167. The van der Waals surface area contributed by atoms with Gasteiger partial charge in [0.05, 0.1) is 13.7 Å². The predicted molar refractivity (Wildman–Crippen MR) is 84.2 cm³/mol. The van der Waals surface area contributed by atoms with Crippen molar-refractivity contribution < 1.29 is 9.53 Å². The average Bonchev–Trinajstić information content (AvgIpc) is 2.84. The van der Waals surface area contributed by atoms with Crippen LogP contribution in [0.2, 0.25) is 0 Å². The van der Waals surface area contributed by atoms with Gasteiger partial charge in [0.25, 0.3) is 0 Å². The van der Waals surface area contributed by atoms with Crippen molar-refractivity contribution in [2.24, 2.45) is 0 Å². The third-order valence-electron chi connectivity index (χ3n) is 3.77. The molecular weight excluding hydrogens is 262 g/mol. The van der Waals surface area contributed by atoms with E-state index >= 15 is 0 Å². The first-order valence-corrected chi connectivity index (χ1v) is 6.89. The number of benzene rings is 2. The zero-order chi connectivity index (χ0) is 14.8. The predicted octanol–water partition coefficient (Wildman–Crippen LogP) is 3.82. The Morgan fingerprint density at radius 3 is 2.76 bits per heavy atom. The third kappa shape index (κ3) is 2.42. The Bertz CT molecular complexity index is 802. The first-order chi connectivity index (χ1) is 10.2. The highest BCUT2D eigenvalue weighted by Crippen LogP contribution is 2.25. The van der Waals surface area contributed by atoms with Crippen LogP contribution in [0.25, 0.3) is 10.9 Å². The lowest BCUT2D eigenvalue weighted by molar-refractivity contribution is 0.112. The van der Waals surface area contributed by atoms with Crippen molar-refractivity contribution in [3.8, 4) is 5.75 Å². The van der Waals surface area contributed by atoms with Gasteiger partial charge in [-0.1, -0.05) is 18.2 Å². The highest BCUT2D eigenvalue weighted by Gasteiger charge is 2.09. The van der Waals surface area contributed by atoms with Crippen LogP contribution < -0.4 is 4.74 Å². The van der Waals surface area contributed by atoms with Gasteiger partial charge in [-0.25, -0.2) is 0 Å². The molecule has 3 nitrogen and oxygen atoms in total. The van der Waals surface area contributed by atoms with Crippen LogP contribution in [0.1, 0.15) is 21.5 Å². The van der Waals surface area contributed by atoms with Gasteiger partial charge in [0.2, 0.25) is 0 Å². The lowest BCUT2D eigenvalue weighted by Gasteiger charge is -2.11. The second-order valence-corrected chi connectivity index (χ2v) is 5.15. The number of rotatable bonds is 4. The Kier molecular flexibility index (Phi) is 3.48. The molecule has 0 N–H and O–H groups in total. The molecule has 0 amide bonds. The standard InChI is InChI=1S/C18H17NO2/c1-13-10-19(17-6-4-3-5-16(13)17)11-15-9-14(12-20)7-8-18(15)21-2/h3-10,12H,11H2,1-2H3. The normalized spacial score (nSPS) is 10.8. The molecule has 0 aliphatic heterocycles. The van der Waals surface area contributed by atoms with E-state index in [0.29, 0.717) is 12.1 Å². The van der Waals surface area contributed by atoms with E-state index in [9.17, 15) is 4.79 Å². The molecule has 0 atom stereocenters. The van der Waals surface area contributed by atoms with Gasteiger partial charge in [0.15, 0.2) is 0 Å². The molecule has 3 rings (SSSR count). The minimum Gasteiger partial charge on any atom is -0.496 e. The van der Waals surface area contributed by atoms with Crippen molar-refractivity contribution >= 4 is 17.2 Å². The summed E-state index contributed by atoms with van der Waals surface area (Å²) >= 11 is 0. The quantitative estimate of drug-likeness (QED) is 0.680. The molecule has 0 bridgehead atoms. The van der Waals surface area contributed by atoms with Crippen molar-refractivity contribution in [3.63, 3.8) is 0 Å². The molecule has 0 aliphatic rings. The molecule has 0 saturated heterocycles. The minimum atomic E-state index is 0.666. The summed E-state index contributed by atoms with van der Waals surface area (Å²) in [5, 5.41) is 1.25.